The highest BCUT2D eigenvalue weighted by Crippen LogP contribution is 2.38. The number of ether oxygens (including phenoxy) is 1. The lowest BCUT2D eigenvalue weighted by atomic mass is 10.2. The molecule has 1 fully saturated rings. The van der Waals surface area contributed by atoms with Crippen molar-refractivity contribution in [2.45, 2.75) is 51.0 Å². The van der Waals surface area contributed by atoms with Crippen LogP contribution in [0.15, 0.2) is 40.0 Å². The Labute approximate surface area is 172 Å². The van der Waals surface area contributed by atoms with E-state index in [1.165, 1.54) is 36.7 Å². The number of carbonyl (C=O) groups is 1. The minimum absolute atomic E-state index is 0.0328. The number of carbonyl (C=O) groups excluding carboxylic acids is 1. The molecule has 0 amide bonds. The summed E-state index contributed by atoms with van der Waals surface area (Å²) in [4.78, 5) is 12.7. The summed E-state index contributed by atoms with van der Waals surface area (Å²) in [5.41, 5.74) is 2.89. The Hall–Kier alpha value is -2.61. The summed E-state index contributed by atoms with van der Waals surface area (Å²) in [7, 11) is 0. The van der Waals surface area contributed by atoms with Crippen molar-refractivity contribution in [3.8, 4) is 5.75 Å². The van der Waals surface area contributed by atoms with Gasteiger partial charge in [-0.2, -0.15) is 0 Å². The van der Waals surface area contributed by atoms with Crippen molar-refractivity contribution in [1.82, 2.24) is 14.8 Å². The number of thioether (sulfide) groups is 1. The van der Waals surface area contributed by atoms with Gasteiger partial charge in [0.05, 0.1) is 5.75 Å². The van der Waals surface area contributed by atoms with Crippen LogP contribution >= 0.6 is 11.8 Å². The van der Waals surface area contributed by atoms with E-state index >= 15 is 0 Å². The first kappa shape index (κ1) is 19.7. The summed E-state index contributed by atoms with van der Waals surface area (Å²) in [5.74, 6) is 0.135. The predicted octanol–water partition coefficient (Wildman–Crippen LogP) is 5.08. The smallest absolute Gasteiger partial charge is 0.277 e. The van der Waals surface area contributed by atoms with Gasteiger partial charge in [0.1, 0.15) is 0 Å². The molecule has 1 unspecified atom stereocenters. The quantitative estimate of drug-likeness (QED) is 0.378. The van der Waals surface area contributed by atoms with Crippen LogP contribution in [0.5, 0.6) is 5.75 Å². The second kappa shape index (κ2) is 8.02. The molecule has 1 aromatic carbocycles. The van der Waals surface area contributed by atoms with E-state index in [-0.39, 0.29) is 28.4 Å². The van der Waals surface area contributed by atoms with Gasteiger partial charge in [0.25, 0.3) is 11.1 Å². The van der Waals surface area contributed by atoms with Gasteiger partial charge in [0.2, 0.25) is 0 Å². The zero-order valence-electron chi connectivity index (χ0n) is 16.5. The highest BCUT2D eigenvalue weighted by atomic mass is 32.2. The van der Waals surface area contributed by atoms with Gasteiger partial charge in [-0.25, -0.2) is 4.39 Å². The molecular formula is C21H22FN3O3S. The molecule has 0 N–H and O–H groups in total. The van der Waals surface area contributed by atoms with Crippen molar-refractivity contribution >= 4 is 17.5 Å². The summed E-state index contributed by atoms with van der Waals surface area (Å²) in [6.45, 7) is 5.73. The van der Waals surface area contributed by atoms with Crippen molar-refractivity contribution in [3.05, 3.63) is 59.0 Å². The summed E-state index contributed by atoms with van der Waals surface area (Å²) in [6.07, 6.45) is 1.75. The van der Waals surface area contributed by atoms with Crippen LogP contribution < -0.4 is 4.74 Å². The lowest BCUT2D eigenvalue weighted by Gasteiger charge is -2.11. The lowest BCUT2D eigenvalue weighted by Crippen LogP contribution is -2.05. The number of nitrogens with zero attached hydrogens (tertiary/aromatic N) is 3. The normalized spacial score (nSPS) is 14.8. The number of Topliss-reactive ketones (excluding diaryl/α,β-unsaturated/α-hetero) is 1. The molecular weight excluding hydrogens is 393 g/mol. The molecule has 1 saturated carbocycles. The molecule has 0 bridgehead atoms. The molecule has 0 radical (unpaired) electrons. The molecule has 2 heterocycles. The van der Waals surface area contributed by atoms with Crippen molar-refractivity contribution < 1.29 is 18.3 Å². The van der Waals surface area contributed by atoms with E-state index in [9.17, 15) is 9.18 Å². The topological polar surface area (TPSA) is 70.2 Å². The molecule has 29 heavy (non-hydrogen) atoms. The second-order valence-electron chi connectivity index (χ2n) is 7.19. The Kier molecular flexibility index (Phi) is 5.45. The van der Waals surface area contributed by atoms with Gasteiger partial charge in [0.15, 0.2) is 23.5 Å². The Morgan fingerprint density at radius 3 is 2.83 bits per heavy atom. The van der Waals surface area contributed by atoms with Gasteiger partial charge < -0.3 is 13.7 Å². The number of hydrogen-bond acceptors (Lipinski definition) is 6. The summed E-state index contributed by atoms with van der Waals surface area (Å²) >= 11 is 1.19. The highest BCUT2D eigenvalue weighted by molar-refractivity contribution is 7.99. The van der Waals surface area contributed by atoms with Crippen LogP contribution in [-0.4, -0.2) is 26.3 Å². The largest absolute Gasteiger partial charge is 0.478 e. The maximum Gasteiger partial charge on any atom is 0.277 e. The lowest BCUT2D eigenvalue weighted by molar-refractivity contribution is 0.102. The fourth-order valence-electron chi connectivity index (χ4n) is 3.38. The van der Waals surface area contributed by atoms with E-state index in [2.05, 4.69) is 14.8 Å². The van der Waals surface area contributed by atoms with Gasteiger partial charge >= 0.3 is 0 Å². The number of rotatable bonds is 8. The van der Waals surface area contributed by atoms with Gasteiger partial charge in [-0.1, -0.05) is 23.9 Å². The molecule has 3 aromatic rings. The fraction of sp³-hybridized carbons (Fsp3) is 0.381. The number of hydrogen-bond donors (Lipinski definition) is 0. The van der Waals surface area contributed by atoms with Crippen molar-refractivity contribution in [2.75, 3.05) is 5.75 Å². The number of ketones is 1. The first-order chi connectivity index (χ1) is 13.9. The Morgan fingerprint density at radius 2 is 2.10 bits per heavy atom. The molecule has 8 heteroatoms. The van der Waals surface area contributed by atoms with E-state index in [0.717, 1.165) is 17.0 Å². The van der Waals surface area contributed by atoms with Crippen molar-refractivity contribution in [1.29, 1.82) is 0 Å². The van der Waals surface area contributed by atoms with Gasteiger partial charge in [0, 0.05) is 23.0 Å². The number of halogens is 1. The van der Waals surface area contributed by atoms with Crippen LogP contribution in [0.25, 0.3) is 0 Å². The molecule has 0 spiro atoms. The Balaban J connectivity index is 1.37. The van der Waals surface area contributed by atoms with E-state index in [0.29, 0.717) is 6.04 Å². The molecule has 152 valence electrons. The van der Waals surface area contributed by atoms with Crippen LogP contribution in [0.2, 0.25) is 0 Å². The van der Waals surface area contributed by atoms with E-state index in [4.69, 9.17) is 9.15 Å². The molecule has 1 aliphatic carbocycles. The zero-order chi connectivity index (χ0) is 20.5. The maximum atomic E-state index is 13.7. The standard InChI is InChI=1S/C21H22FN3O3S/c1-12-10-16(13(2)25(12)15-8-9-15)18(26)11-29-21-24-23-20(28-21)14(3)27-19-7-5-4-6-17(19)22/h4-7,10,14-15H,8-9,11H2,1-3H3. The minimum Gasteiger partial charge on any atom is -0.478 e. The Morgan fingerprint density at radius 1 is 1.34 bits per heavy atom. The molecule has 1 aliphatic rings. The minimum atomic E-state index is -0.609. The van der Waals surface area contributed by atoms with E-state index < -0.39 is 11.9 Å². The summed E-state index contributed by atoms with van der Waals surface area (Å²) < 4.78 is 27.1. The maximum absolute atomic E-state index is 13.7. The van der Waals surface area contributed by atoms with Crippen LogP contribution in [0.4, 0.5) is 4.39 Å². The third-order valence-electron chi connectivity index (χ3n) is 4.93. The highest BCUT2D eigenvalue weighted by Gasteiger charge is 2.28. The first-order valence-corrected chi connectivity index (χ1v) is 10.5. The van der Waals surface area contributed by atoms with E-state index in [1.807, 2.05) is 19.9 Å². The SMILES string of the molecule is Cc1cc(C(=O)CSc2nnc(C(C)Oc3ccccc3F)o2)c(C)n1C1CC1. The van der Waals surface area contributed by atoms with Crippen LogP contribution in [0, 0.1) is 19.7 Å². The average Bonchev–Trinajstić information content (AvgIpc) is 3.32. The molecule has 4 rings (SSSR count). The molecule has 6 nitrogen and oxygen atoms in total. The zero-order valence-corrected chi connectivity index (χ0v) is 17.3. The van der Waals surface area contributed by atoms with Gasteiger partial charge in [-0.15, -0.1) is 10.2 Å². The van der Waals surface area contributed by atoms with Crippen LogP contribution in [0.3, 0.4) is 0 Å². The average molecular weight is 415 g/mol. The molecule has 0 saturated heterocycles. The van der Waals surface area contributed by atoms with Crippen molar-refractivity contribution in [3.63, 3.8) is 0 Å². The van der Waals surface area contributed by atoms with Crippen LogP contribution in [0.1, 0.15) is 59.5 Å². The number of aryl methyl sites for hydroxylation is 1. The molecule has 0 aliphatic heterocycles. The number of aromatic nitrogens is 3. The van der Waals surface area contributed by atoms with Gasteiger partial charge in [-0.3, -0.25) is 4.79 Å². The number of para-hydroxylation sites is 1. The fourth-order valence-corrected chi connectivity index (χ4v) is 4.04. The first-order valence-electron chi connectivity index (χ1n) is 9.53. The second-order valence-corrected chi connectivity index (χ2v) is 8.12. The summed E-state index contributed by atoms with van der Waals surface area (Å²) in [6, 6.07) is 8.63. The third kappa shape index (κ3) is 4.22. The van der Waals surface area contributed by atoms with Crippen molar-refractivity contribution in [2.24, 2.45) is 0 Å². The van der Waals surface area contributed by atoms with Crippen LogP contribution in [-0.2, 0) is 0 Å². The predicted molar refractivity (Wildman–Crippen MR) is 107 cm³/mol. The number of benzene rings is 1. The summed E-state index contributed by atoms with van der Waals surface area (Å²) in [5, 5.41) is 8.21. The van der Waals surface area contributed by atoms with Gasteiger partial charge in [-0.05, 0) is 51.8 Å². The monoisotopic (exact) mass is 415 g/mol. The van der Waals surface area contributed by atoms with E-state index in [1.54, 1.807) is 19.1 Å². The molecule has 1 atom stereocenters. The third-order valence-corrected chi connectivity index (χ3v) is 5.75. The Bertz CT molecular complexity index is 1040. The molecule has 2 aromatic heterocycles.